The minimum atomic E-state index is 0.133. The Morgan fingerprint density at radius 1 is 1.38 bits per heavy atom. The topological polar surface area (TPSA) is 35.2 Å². The van der Waals surface area contributed by atoms with E-state index in [1.54, 1.807) is 0 Å². The molecule has 13 heavy (non-hydrogen) atoms. The lowest BCUT2D eigenvalue weighted by molar-refractivity contribution is 0.00368. The predicted octanol–water partition coefficient (Wildman–Crippen LogP) is 2.24. The molecule has 2 heteroatoms. The number of rotatable bonds is 3. The Bertz CT molecular complexity index is 158. The van der Waals surface area contributed by atoms with Crippen molar-refractivity contribution in [3.05, 3.63) is 12.7 Å². The number of nitrogens with two attached hydrogens (primary N) is 1. The Labute approximate surface area is 81.1 Å². The molecule has 0 spiro atoms. The van der Waals surface area contributed by atoms with Crippen molar-refractivity contribution in [1.82, 2.24) is 0 Å². The molecule has 2 N–H and O–H groups in total. The van der Waals surface area contributed by atoms with Crippen LogP contribution in [0.25, 0.3) is 0 Å². The highest BCUT2D eigenvalue weighted by Gasteiger charge is 2.21. The third-order valence-electron chi connectivity index (χ3n) is 2.73. The van der Waals surface area contributed by atoms with Crippen LogP contribution in [0.2, 0.25) is 0 Å². The lowest BCUT2D eigenvalue weighted by Gasteiger charge is -2.24. The zero-order valence-corrected chi connectivity index (χ0v) is 8.54. The molecule has 3 unspecified atom stereocenters. The van der Waals surface area contributed by atoms with Gasteiger partial charge < -0.3 is 10.5 Å². The van der Waals surface area contributed by atoms with Crippen molar-refractivity contribution in [2.45, 2.75) is 57.3 Å². The molecule has 1 rings (SSSR count). The maximum atomic E-state index is 6.02. The normalized spacial score (nSPS) is 32.2. The Balaban J connectivity index is 2.40. The van der Waals surface area contributed by atoms with Gasteiger partial charge in [-0.1, -0.05) is 25.3 Å². The minimum absolute atomic E-state index is 0.133. The zero-order valence-electron chi connectivity index (χ0n) is 8.54. The van der Waals surface area contributed by atoms with Gasteiger partial charge in [-0.3, -0.25) is 0 Å². The summed E-state index contributed by atoms with van der Waals surface area (Å²) >= 11 is 0. The van der Waals surface area contributed by atoms with Gasteiger partial charge in [0, 0.05) is 6.04 Å². The molecule has 76 valence electrons. The highest BCUT2D eigenvalue weighted by molar-refractivity contribution is 4.82. The third-order valence-corrected chi connectivity index (χ3v) is 2.73. The second-order valence-electron chi connectivity index (χ2n) is 3.92. The molecular weight excluding hydrogens is 162 g/mol. The molecule has 1 aliphatic carbocycles. The fraction of sp³-hybridized carbons (Fsp3) is 0.818. The average molecular weight is 183 g/mol. The monoisotopic (exact) mass is 183 g/mol. The molecule has 0 aromatic rings. The summed E-state index contributed by atoms with van der Waals surface area (Å²) in [6.07, 6.45) is 8.23. The summed E-state index contributed by atoms with van der Waals surface area (Å²) in [5, 5.41) is 0. The van der Waals surface area contributed by atoms with Crippen LogP contribution in [0.5, 0.6) is 0 Å². The standard InChI is InChI=1S/C11H21NO/c1-3-9(2)13-11-8-6-4-5-7-10(11)12/h3,9-11H,1,4-8,12H2,2H3. The van der Waals surface area contributed by atoms with Crippen molar-refractivity contribution >= 4 is 0 Å². The fourth-order valence-electron chi connectivity index (χ4n) is 1.80. The molecule has 0 aromatic carbocycles. The second-order valence-corrected chi connectivity index (χ2v) is 3.92. The van der Waals surface area contributed by atoms with E-state index in [1.807, 2.05) is 13.0 Å². The highest BCUT2D eigenvalue weighted by Crippen LogP contribution is 2.20. The van der Waals surface area contributed by atoms with E-state index in [2.05, 4.69) is 6.58 Å². The molecule has 1 saturated carbocycles. The Hall–Kier alpha value is -0.340. The van der Waals surface area contributed by atoms with Gasteiger partial charge in [0.2, 0.25) is 0 Å². The zero-order chi connectivity index (χ0) is 9.68. The van der Waals surface area contributed by atoms with Crippen molar-refractivity contribution < 1.29 is 4.74 Å². The first kappa shape index (κ1) is 10.7. The summed E-state index contributed by atoms with van der Waals surface area (Å²) in [4.78, 5) is 0. The van der Waals surface area contributed by atoms with Gasteiger partial charge in [0.25, 0.3) is 0 Å². The van der Waals surface area contributed by atoms with Gasteiger partial charge in [-0.05, 0) is 19.8 Å². The van der Waals surface area contributed by atoms with Crippen LogP contribution < -0.4 is 5.73 Å². The van der Waals surface area contributed by atoms with Crippen LogP contribution in [-0.2, 0) is 4.74 Å². The van der Waals surface area contributed by atoms with Gasteiger partial charge in [0.15, 0.2) is 0 Å². The average Bonchev–Trinajstić information content (AvgIpc) is 2.32. The van der Waals surface area contributed by atoms with Crippen molar-refractivity contribution in [3.8, 4) is 0 Å². The Kier molecular flexibility index (Phi) is 4.46. The molecule has 3 atom stereocenters. The fourth-order valence-corrected chi connectivity index (χ4v) is 1.80. The van der Waals surface area contributed by atoms with Crippen molar-refractivity contribution in [3.63, 3.8) is 0 Å². The summed E-state index contributed by atoms with van der Waals surface area (Å²) < 4.78 is 5.79. The molecule has 0 saturated heterocycles. The lowest BCUT2D eigenvalue weighted by Crippen LogP contribution is -2.37. The molecule has 0 bridgehead atoms. The summed E-state index contributed by atoms with van der Waals surface area (Å²) in [6, 6.07) is 0.227. The van der Waals surface area contributed by atoms with Gasteiger partial charge in [0.05, 0.1) is 12.2 Å². The Morgan fingerprint density at radius 2 is 2.08 bits per heavy atom. The summed E-state index contributed by atoms with van der Waals surface area (Å²) in [5.74, 6) is 0. The number of hydrogen-bond acceptors (Lipinski definition) is 2. The molecule has 0 aliphatic heterocycles. The molecule has 0 aromatic heterocycles. The van der Waals surface area contributed by atoms with Crippen molar-refractivity contribution in [2.24, 2.45) is 5.73 Å². The molecular formula is C11H21NO. The van der Waals surface area contributed by atoms with E-state index in [-0.39, 0.29) is 18.2 Å². The lowest BCUT2D eigenvalue weighted by atomic mass is 10.1. The van der Waals surface area contributed by atoms with Gasteiger partial charge in [-0.15, -0.1) is 6.58 Å². The molecule has 1 aliphatic rings. The van der Waals surface area contributed by atoms with Gasteiger partial charge in [-0.2, -0.15) is 0 Å². The maximum Gasteiger partial charge on any atom is 0.0733 e. The summed E-state index contributed by atoms with van der Waals surface area (Å²) in [6.45, 7) is 5.73. The van der Waals surface area contributed by atoms with E-state index in [0.29, 0.717) is 0 Å². The van der Waals surface area contributed by atoms with Crippen LogP contribution in [0, 0.1) is 0 Å². The molecule has 2 nitrogen and oxygen atoms in total. The van der Waals surface area contributed by atoms with Crippen LogP contribution in [-0.4, -0.2) is 18.2 Å². The van der Waals surface area contributed by atoms with Crippen LogP contribution >= 0.6 is 0 Å². The first-order chi connectivity index (χ1) is 6.24. The smallest absolute Gasteiger partial charge is 0.0733 e. The van der Waals surface area contributed by atoms with Crippen LogP contribution in [0.4, 0.5) is 0 Å². The van der Waals surface area contributed by atoms with Crippen molar-refractivity contribution in [2.75, 3.05) is 0 Å². The molecule has 0 amide bonds. The van der Waals surface area contributed by atoms with Gasteiger partial charge in [-0.25, -0.2) is 0 Å². The van der Waals surface area contributed by atoms with E-state index in [0.717, 1.165) is 12.8 Å². The molecule has 0 radical (unpaired) electrons. The van der Waals surface area contributed by atoms with E-state index in [1.165, 1.54) is 19.3 Å². The van der Waals surface area contributed by atoms with E-state index >= 15 is 0 Å². The quantitative estimate of drug-likeness (QED) is 0.538. The second kappa shape index (κ2) is 5.40. The van der Waals surface area contributed by atoms with Crippen LogP contribution in [0.3, 0.4) is 0 Å². The Morgan fingerprint density at radius 3 is 2.77 bits per heavy atom. The minimum Gasteiger partial charge on any atom is -0.370 e. The summed E-state index contributed by atoms with van der Waals surface area (Å²) in [7, 11) is 0. The first-order valence-corrected chi connectivity index (χ1v) is 5.27. The molecule has 0 heterocycles. The van der Waals surface area contributed by atoms with Crippen LogP contribution in [0.1, 0.15) is 39.0 Å². The largest absolute Gasteiger partial charge is 0.370 e. The summed E-state index contributed by atoms with van der Waals surface area (Å²) in [5.41, 5.74) is 6.02. The highest BCUT2D eigenvalue weighted by atomic mass is 16.5. The van der Waals surface area contributed by atoms with E-state index in [9.17, 15) is 0 Å². The van der Waals surface area contributed by atoms with Gasteiger partial charge in [0.1, 0.15) is 0 Å². The number of hydrogen-bond donors (Lipinski definition) is 1. The predicted molar refractivity (Wildman–Crippen MR) is 55.6 cm³/mol. The first-order valence-electron chi connectivity index (χ1n) is 5.27. The van der Waals surface area contributed by atoms with E-state index in [4.69, 9.17) is 10.5 Å². The number of ether oxygens (including phenoxy) is 1. The van der Waals surface area contributed by atoms with Crippen molar-refractivity contribution in [1.29, 1.82) is 0 Å². The van der Waals surface area contributed by atoms with E-state index < -0.39 is 0 Å². The SMILES string of the molecule is C=CC(C)OC1CCCCCC1N. The van der Waals surface area contributed by atoms with Gasteiger partial charge >= 0.3 is 0 Å². The maximum absolute atomic E-state index is 6.02. The third kappa shape index (κ3) is 3.49. The van der Waals surface area contributed by atoms with Crippen LogP contribution in [0.15, 0.2) is 12.7 Å². The molecule has 1 fully saturated rings.